The van der Waals surface area contributed by atoms with Crippen molar-refractivity contribution in [1.29, 1.82) is 5.26 Å². The molecule has 0 N–H and O–H groups in total. The average Bonchev–Trinajstić information content (AvgIpc) is 2.70. The third-order valence-electron chi connectivity index (χ3n) is 2.56. The highest BCUT2D eigenvalue weighted by molar-refractivity contribution is 5.84. The minimum atomic E-state index is 0.696. The number of benzene rings is 1. The number of hydrogen-bond acceptors (Lipinski definition) is 3. The molecule has 2 rings (SSSR count). The van der Waals surface area contributed by atoms with Crippen LogP contribution in [0, 0.1) is 11.3 Å². The second kappa shape index (κ2) is 3.66. The van der Waals surface area contributed by atoms with Gasteiger partial charge in [0.25, 0.3) is 0 Å². The molecule has 0 aromatic heterocycles. The lowest BCUT2D eigenvalue weighted by Crippen LogP contribution is -1.94. The fourth-order valence-corrected chi connectivity index (χ4v) is 1.79. The molecule has 0 aliphatic heterocycles. The first-order valence-corrected chi connectivity index (χ1v) is 4.65. The van der Waals surface area contributed by atoms with Gasteiger partial charge < -0.3 is 9.47 Å². The molecule has 1 aliphatic carbocycles. The standard InChI is InChI=1S/C12H11NO2/c1-14-9-5-11-8(7-13)3-4-10(11)12(6-9)15-2/h3,5-6H,4H2,1-2H3. The number of allylic oxidation sites excluding steroid dienone is 2. The summed E-state index contributed by atoms with van der Waals surface area (Å²) < 4.78 is 10.4. The Morgan fingerprint density at radius 2 is 2.07 bits per heavy atom. The zero-order valence-corrected chi connectivity index (χ0v) is 8.70. The van der Waals surface area contributed by atoms with Crippen LogP contribution in [0.4, 0.5) is 0 Å². The van der Waals surface area contributed by atoms with Gasteiger partial charge in [-0.1, -0.05) is 6.08 Å². The van der Waals surface area contributed by atoms with Crippen LogP contribution >= 0.6 is 0 Å². The number of fused-ring (bicyclic) bond motifs is 1. The molecule has 1 aromatic carbocycles. The van der Waals surface area contributed by atoms with Gasteiger partial charge in [-0.25, -0.2) is 0 Å². The van der Waals surface area contributed by atoms with E-state index >= 15 is 0 Å². The minimum Gasteiger partial charge on any atom is -0.497 e. The lowest BCUT2D eigenvalue weighted by atomic mass is 10.0. The molecule has 0 saturated carbocycles. The van der Waals surface area contributed by atoms with Gasteiger partial charge in [-0.15, -0.1) is 0 Å². The van der Waals surface area contributed by atoms with Gasteiger partial charge in [-0.2, -0.15) is 5.26 Å². The summed E-state index contributed by atoms with van der Waals surface area (Å²) in [6.07, 6.45) is 2.66. The van der Waals surface area contributed by atoms with Crippen LogP contribution in [0.2, 0.25) is 0 Å². The predicted octanol–water partition coefficient (Wildman–Crippen LogP) is 2.17. The molecule has 1 aromatic rings. The van der Waals surface area contributed by atoms with Crippen molar-refractivity contribution in [2.24, 2.45) is 0 Å². The number of hydrogen-bond donors (Lipinski definition) is 0. The molecule has 0 unspecified atom stereocenters. The molecular formula is C12H11NO2. The maximum atomic E-state index is 8.94. The molecule has 76 valence electrons. The number of nitrogens with zero attached hydrogens (tertiary/aromatic N) is 1. The van der Waals surface area contributed by atoms with Crippen molar-refractivity contribution in [3.8, 4) is 17.6 Å². The van der Waals surface area contributed by atoms with E-state index in [1.54, 1.807) is 14.2 Å². The summed E-state index contributed by atoms with van der Waals surface area (Å²) in [5, 5.41) is 8.94. The first-order chi connectivity index (χ1) is 7.30. The molecule has 0 atom stereocenters. The number of nitriles is 1. The van der Waals surface area contributed by atoms with Crippen LogP contribution in [0.1, 0.15) is 11.1 Å². The highest BCUT2D eigenvalue weighted by atomic mass is 16.5. The molecule has 3 heteroatoms. The quantitative estimate of drug-likeness (QED) is 0.736. The van der Waals surface area contributed by atoms with Crippen LogP contribution in [0.15, 0.2) is 18.2 Å². The molecule has 0 amide bonds. The van der Waals surface area contributed by atoms with Gasteiger partial charge in [-0.05, 0) is 12.5 Å². The Labute approximate surface area is 88.5 Å². The second-order valence-electron chi connectivity index (χ2n) is 3.29. The monoisotopic (exact) mass is 201 g/mol. The third-order valence-corrected chi connectivity index (χ3v) is 2.56. The molecule has 0 bridgehead atoms. The summed E-state index contributed by atoms with van der Waals surface area (Å²) >= 11 is 0. The van der Waals surface area contributed by atoms with Crippen LogP contribution in [0.3, 0.4) is 0 Å². The van der Waals surface area contributed by atoms with Gasteiger partial charge >= 0.3 is 0 Å². The second-order valence-corrected chi connectivity index (χ2v) is 3.29. The Morgan fingerprint density at radius 1 is 1.27 bits per heavy atom. The van der Waals surface area contributed by atoms with Crippen LogP contribution in [0.5, 0.6) is 11.5 Å². The molecule has 0 spiro atoms. The molecule has 0 radical (unpaired) electrons. The zero-order valence-electron chi connectivity index (χ0n) is 8.70. The van der Waals surface area contributed by atoms with Gasteiger partial charge in [0.15, 0.2) is 0 Å². The van der Waals surface area contributed by atoms with Gasteiger partial charge in [-0.3, -0.25) is 0 Å². The fourth-order valence-electron chi connectivity index (χ4n) is 1.79. The van der Waals surface area contributed by atoms with Crippen molar-refractivity contribution in [3.63, 3.8) is 0 Å². The van der Waals surface area contributed by atoms with Crippen LogP contribution in [-0.2, 0) is 6.42 Å². The summed E-state index contributed by atoms with van der Waals surface area (Å²) in [5.41, 5.74) is 2.69. The predicted molar refractivity (Wildman–Crippen MR) is 56.8 cm³/mol. The molecule has 0 saturated heterocycles. The molecule has 15 heavy (non-hydrogen) atoms. The van der Waals surface area contributed by atoms with Crippen molar-refractivity contribution in [2.45, 2.75) is 6.42 Å². The SMILES string of the molecule is COc1cc(OC)c2c(c1)C(C#N)=CC2. The van der Waals surface area contributed by atoms with Crippen molar-refractivity contribution < 1.29 is 9.47 Å². The number of rotatable bonds is 2. The van der Waals surface area contributed by atoms with E-state index in [1.165, 1.54) is 0 Å². The Bertz CT molecular complexity index is 469. The fraction of sp³-hybridized carbons (Fsp3) is 0.250. The topological polar surface area (TPSA) is 42.2 Å². The van der Waals surface area contributed by atoms with E-state index in [4.69, 9.17) is 14.7 Å². The molecule has 0 fully saturated rings. The van der Waals surface area contributed by atoms with E-state index < -0.39 is 0 Å². The van der Waals surface area contributed by atoms with Crippen molar-refractivity contribution in [1.82, 2.24) is 0 Å². The minimum absolute atomic E-state index is 0.696. The van der Waals surface area contributed by atoms with Gasteiger partial charge in [0.05, 0.1) is 25.9 Å². The smallest absolute Gasteiger partial charge is 0.126 e. The maximum Gasteiger partial charge on any atom is 0.126 e. The van der Waals surface area contributed by atoms with Crippen LogP contribution in [0.25, 0.3) is 5.57 Å². The van der Waals surface area contributed by atoms with Crippen molar-refractivity contribution in [2.75, 3.05) is 14.2 Å². The Hall–Kier alpha value is -1.95. The van der Waals surface area contributed by atoms with Crippen molar-refractivity contribution >= 4 is 5.57 Å². The summed E-state index contributed by atoms with van der Waals surface area (Å²) in [4.78, 5) is 0. The summed E-state index contributed by atoms with van der Waals surface area (Å²) in [6, 6.07) is 5.89. The Kier molecular flexibility index (Phi) is 2.34. The van der Waals surface area contributed by atoms with E-state index in [0.717, 1.165) is 23.3 Å². The highest BCUT2D eigenvalue weighted by Gasteiger charge is 2.19. The van der Waals surface area contributed by atoms with E-state index in [0.29, 0.717) is 11.3 Å². The molecule has 3 nitrogen and oxygen atoms in total. The first kappa shape index (κ1) is 9.60. The lowest BCUT2D eigenvalue weighted by molar-refractivity contribution is 0.392. The van der Waals surface area contributed by atoms with Crippen LogP contribution < -0.4 is 9.47 Å². The largest absolute Gasteiger partial charge is 0.497 e. The van der Waals surface area contributed by atoms with Crippen molar-refractivity contribution in [3.05, 3.63) is 29.3 Å². The highest BCUT2D eigenvalue weighted by Crippen LogP contribution is 2.37. The molecule has 0 heterocycles. The maximum absolute atomic E-state index is 8.94. The van der Waals surface area contributed by atoms with Crippen LogP contribution in [-0.4, -0.2) is 14.2 Å². The normalized spacial score (nSPS) is 12.7. The molecule has 1 aliphatic rings. The van der Waals surface area contributed by atoms with E-state index in [1.807, 2.05) is 18.2 Å². The number of methoxy groups -OCH3 is 2. The summed E-state index contributed by atoms with van der Waals surface area (Å²) in [7, 11) is 3.23. The number of ether oxygens (including phenoxy) is 2. The van der Waals surface area contributed by atoms with Gasteiger partial charge in [0.1, 0.15) is 11.5 Å². The lowest BCUT2D eigenvalue weighted by Gasteiger charge is -2.10. The Morgan fingerprint density at radius 3 is 2.67 bits per heavy atom. The van der Waals surface area contributed by atoms with Gasteiger partial charge in [0.2, 0.25) is 0 Å². The van der Waals surface area contributed by atoms with Gasteiger partial charge in [0, 0.05) is 17.2 Å². The Balaban J connectivity index is 2.59. The molecular weight excluding hydrogens is 190 g/mol. The van der Waals surface area contributed by atoms with E-state index in [-0.39, 0.29) is 0 Å². The summed E-state index contributed by atoms with van der Waals surface area (Å²) in [5.74, 6) is 1.50. The van der Waals surface area contributed by atoms with E-state index in [2.05, 4.69) is 6.07 Å². The zero-order chi connectivity index (χ0) is 10.8. The third kappa shape index (κ3) is 1.44. The summed E-state index contributed by atoms with van der Waals surface area (Å²) in [6.45, 7) is 0. The average molecular weight is 201 g/mol. The first-order valence-electron chi connectivity index (χ1n) is 4.65. The van der Waals surface area contributed by atoms with E-state index in [9.17, 15) is 0 Å².